The van der Waals surface area contributed by atoms with E-state index < -0.39 is 0 Å². The summed E-state index contributed by atoms with van der Waals surface area (Å²) in [6, 6.07) is 18.1. The summed E-state index contributed by atoms with van der Waals surface area (Å²) in [5, 5.41) is 5.01. The third kappa shape index (κ3) is 5.75. The van der Waals surface area contributed by atoms with E-state index in [1.807, 2.05) is 43.3 Å². The first-order chi connectivity index (χ1) is 14.5. The van der Waals surface area contributed by atoms with Gasteiger partial charge in [-0.05, 0) is 72.1 Å². The number of hydrogen-bond acceptors (Lipinski definition) is 4. The summed E-state index contributed by atoms with van der Waals surface area (Å²) in [7, 11) is 1.53. The molecule has 1 N–H and O–H groups in total. The van der Waals surface area contributed by atoms with Crippen molar-refractivity contribution in [1.29, 1.82) is 0 Å². The molecule has 0 aromatic heterocycles. The van der Waals surface area contributed by atoms with E-state index in [0.29, 0.717) is 33.7 Å². The van der Waals surface area contributed by atoms with Crippen LogP contribution in [0.3, 0.4) is 0 Å². The van der Waals surface area contributed by atoms with Gasteiger partial charge in [0.05, 0.1) is 28.9 Å². The molecule has 0 radical (unpaired) electrons. The van der Waals surface area contributed by atoms with E-state index in [4.69, 9.17) is 32.7 Å². The molecule has 0 spiro atoms. The summed E-state index contributed by atoms with van der Waals surface area (Å²) in [6.45, 7) is 2.30. The van der Waals surface area contributed by atoms with Crippen LogP contribution in [0.1, 0.15) is 27.0 Å². The molecule has 0 aliphatic rings. The largest absolute Gasteiger partial charge is 0.496 e. The van der Waals surface area contributed by atoms with Crippen molar-refractivity contribution in [2.75, 3.05) is 7.11 Å². The maximum absolute atomic E-state index is 12.3. The van der Waals surface area contributed by atoms with Crippen molar-refractivity contribution in [3.8, 4) is 11.5 Å². The molecule has 3 aromatic carbocycles. The summed E-state index contributed by atoms with van der Waals surface area (Å²) in [6.07, 6.45) is 1.56. The topological polar surface area (TPSA) is 59.9 Å². The number of ether oxygens (including phenoxy) is 2. The third-order valence-electron chi connectivity index (χ3n) is 4.25. The zero-order chi connectivity index (χ0) is 21.5. The van der Waals surface area contributed by atoms with E-state index in [9.17, 15) is 4.79 Å². The van der Waals surface area contributed by atoms with E-state index in [2.05, 4.69) is 10.5 Å². The highest BCUT2D eigenvalue weighted by Gasteiger charge is 2.11. The van der Waals surface area contributed by atoms with Gasteiger partial charge in [-0.15, -0.1) is 0 Å². The van der Waals surface area contributed by atoms with Crippen molar-refractivity contribution in [1.82, 2.24) is 5.43 Å². The van der Waals surface area contributed by atoms with E-state index >= 15 is 0 Å². The second-order valence-electron chi connectivity index (χ2n) is 6.51. The van der Waals surface area contributed by atoms with Gasteiger partial charge in [0.15, 0.2) is 0 Å². The van der Waals surface area contributed by atoms with Gasteiger partial charge >= 0.3 is 0 Å². The molecular formula is C23H20Cl2N2O3. The van der Waals surface area contributed by atoms with Gasteiger partial charge in [-0.3, -0.25) is 4.79 Å². The standard InChI is InChI=1S/C23H20Cl2N2O3/c1-15-3-9-19(22(11-15)29-2)23(28)27-26-13-16-4-7-18(8-5-16)30-14-17-6-10-20(24)21(25)12-17/h3-13H,14H2,1-2H3,(H,27,28)/b26-13-. The van der Waals surface area contributed by atoms with Crippen LogP contribution in [-0.2, 0) is 6.61 Å². The fraction of sp³-hybridized carbons (Fsp3) is 0.130. The molecule has 3 aromatic rings. The Bertz CT molecular complexity index is 1070. The molecule has 0 saturated heterocycles. The molecule has 7 heteroatoms. The Labute approximate surface area is 185 Å². The quantitative estimate of drug-likeness (QED) is 0.379. The van der Waals surface area contributed by atoms with Gasteiger partial charge in [0.2, 0.25) is 0 Å². The summed E-state index contributed by atoms with van der Waals surface area (Å²) >= 11 is 11.9. The summed E-state index contributed by atoms with van der Waals surface area (Å²) in [5.74, 6) is 0.863. The van der Waals surface area contributed by atoms with Crippen molar-refractivity contribution in [2.45, 2.75) is 13.5 Å². The molecule has 0 heterocycles. The summed E-state index contributed by atoms with van der Waals surface area (Å²) < 4.78 is 11.0. The van der Waals surface area contributed by atoms with Gasteiger partial charge in [-0.25, -0.2) is 5.43 Å². The highest BCUT2D eigenvalue weighted by molar-refractivity contribution is 6.42. The van der Waals surface area contributed by atoms with Crippen LogP contribution in [0.4, 0.5) is 0 Å². The lowest BCUT2D eigenvalue weighted by Crippen LogP contribution is -2.18. The Hall–Kier alpha value is -3.02. The van der Waals surface area contributed by atoms with Crippen molar-refractivity contribution >= 4 is 35.3 Å². The number of amides is 1. The molecule has 0 unspecified atom stereocenters. The maximum atomic E-state index is 12.3. The first-order valence-electron chi connectivity index (χ1n) is 9.11. The van der Waals surface area contributed by atoms with Crippen molar-refractivity contribution in [3.63, 3.8) is 0 Å². The number of hydrogen-bond donors (Lipinski definition) is 1. The molecule has 0 atom stereocenters. The monoisotopic (exact) mass is 442 g/mol. The minimum atomic E-state index is -0.343. The van der Waals surface area contributed by atoms with Crippen molar-refractivity contribution in [3.05, 3.63) is 93.0 Å². The second-order valence-corrected chi connectivity index (χ2v) is 7.32. The smallest absolute Gasteiger partial charge is 0.275 e. The molecule has 0 aliphatic heterocycles. The Kier molecular flexibility index (Phi) is 7.33. The van der Waals surface area contributed by atoms with Crippen LogP contribution in [0.5, 0.6) is 11.5 Å². The minimum Gasteiger partial charge on any atom is -0.496 e. The first kappa shape index (κ1) is 21.7. The lowest BCUT2D eigenvalue weighted by atomic mass is 10.1. The molecule has 0 bridgehead atoms. The highest BCUT2D eigenvalue weighted by atomic mass is 35.5. The number of nitrogens with zero attached hydrogens (tertiary/aromatic N) is 1. The maximum Gasteiger partial charge on any atom is 0.275 e. The summed E-state index contributed by atoms with van der Waals surface area (Å²) in [4.78, 5) is 12.3. The number of nitrogens with one attached hydrogen (secondary N) is 1. The van der Waals surface area contributed by atoms with Gasteiger partial charge in [0.1, 0.15) is 18.1 Å². The number of carbonyl (C=O) groups excluding carboxylic acids is 1. The van der Waals surface area contributed by atoms with Crippen molar-refractivity contribution in [2.24, 2.45) is 5.10 Å². The minimum absolute atomic E-state index is 0.343. The average molecular weight is 443 g/mol. The van der Waals surface area contributed by atoms with Crippen molar-refractivity contribution < 1.29 is 14.3 Å². The number of hydrazone groups is 1. The lowest BCUT2D eigenvalue weighted by molar-refractivity contribution is 0.0952. The Morgan fingerprint density at radius 1 is 1.03 bits per heavy atom. The normalized spacial score (nSPS) is 10.8. The number of rotatable bonds is 7. The van der Waals surface area contributed by atoms with Gasteiger partial charge in [0, 0.05) is 0 Å². The lowest BCUT2D eigenvalue weighted by Gasteiger charge is -2.08. The molecule has 0 saturated carbocycles. The van der Waals surface area contributed by atoms with Crippen LogP contribution in [0.2, 0.25) is 10.0 Å². The average Bonchev–Trinajstić information content (AvgIpc) is 2.75. The SMILES string of the molecule is COc1cc(C)ccc1C(=O)N/N=C\c1ccc(OCc2ccc(Cl)c(Cl)c2)cc1. The highest BCUT2D eigenvalue weighted by Crippen LogP contribution is 2.23. The van der Waals surface area contributed by atoms with Crippen LogP contribution in [-0.4, -0.2) is 19.2 Å². The molecule has 30 heavy (non-hydrogen) atoms. The number of carbonyl (C=O) groups is 1. The van der Waals surface area contributed by atoms with Gasteiger partial charge in [-0.2, -0.15) is 5.10 Å². The predicted molar refractivity (Wildman–Crippen MR) is 120 cm³/mol. The predicted octanol–water partition coefficient (Wildman–Crippen LogP) is 5.65. The molecule has 3 rings (SSSR count). The molecular weight excluding hydrogens is 423 g/mol. The molecule has 0 aliphatic carbocycles. The van der Waals surface area contributed by atoms with Crippen LogP contribution in [0.25, 0.3) is 0 Å². The Morgan fingerprint density at radius 3 is 2.50 bits per heavy atom. The zero-order valence-corrected chi connectivity index (χ0v) is 18.0. The van der Waals surface area contributed by atoms with Crippen LogP contribution in [0.15, 0.2) is 65.8 Å². The number of aryl methyl sites for hydroxylation is 1. The number of halogens is 2. The fourth-order valence-electron chi connectivity index (χ4n) is 2.66. The summed E-state index contributed by atoms with van der Waals surface area (Å²) in [5.41, 5.74) is 5.67. The van der Waals surface area contributed by atoms with Gasteiger partial charge in [0.25, 0.3) is 5.91 Å². The number of methoxy groups -OCH3 is 1. The van der Waals surface area contributed by atoms with E-state index in [1.54, 1.807) is 30.5 Å². The van der Waals surface area contributed by atoms with E-state index in [1.165, 1.54) is 7.11 Å². The van der Waals surface area contributed by atoms with Gasteiger partial charge < -0.3 is 9.47 Å². The zero-order valence-electron chi connectivity index (χ0n) is 16.5. The first-order valence-corrected chi connectivity index (χ1v) is 9.86. The Morgan fingerprint density at radius 2 is 1.80 bits per heavy atom. The van der Waals surface area contributed by atoms with E-state index in [0.717, 1.165) is 16.7 Å². The van der Waals surface area contributed by atoms with Crippen LogP contribution >= 0.6 is 23.2 Å². The fourth-order valence-corrected chi connectivity index (χ4v) is 2.98. The number of benzene rings is 3. The Balaban J connectivity index is 1.55. The van der Waals surface area contributed by atoms with Gasteiger partial charge in [-0.1, -0.05) is 35.3 Å². The third-order valence-corrected chi connectivity index (χ3v) is 4.99. The molecule has 5 nitrogen and oxygen atoms in total. The van der Waals surface area contributed by atoms with Crippen LogP contribution in [0, 0.1) is 6.92 Å². The molecule has 1 amide bonds. The molecule has 0 fully saturated rings. The molecule has 154 valence electrons. The van der Waals surface area contributed by atoms with E-state index in [-0.39, 0.29) is 5.91 Å². The second kappa shape index (κ2) is 10.1. The van der Waals surface area contributed by atoms with Crippen LogP contribution < -0.4 is 14.9 Å².